The molecule has 1 N–H and O–H groups in total. The van der Waals surface area contributed by atoms with Crippen LogP contribution in [0.4, 0.5) is 5.82 Å². The minimum absolute atomic E-state index is 0.0599. The lowest BCUT2D eigenvalue weighted by atomic mass is 9.75. The van der Waals surface area contributed by atoms with Crippen molar-refractivity contribution in [2.75, 3.05) is 39.5 Å². The van der Waals surface area contributed by atoms with Gasteiger partial charge in [-0.05, 0) is 52.4 Å². The van der Waals surface area contributed by atoms with Crippen LogP contribution in [0, 0.1) is 0 Å². The van der Waals surface area contributed by atoms with E-state index in [1.807, 2.05) is 24.9 Å². The van der Waals surface area contributed by atoms with E-state index in [0.29, 0.717) is 5.56 Å². The van der Waals surface area contributed by atoms with Crippen LogP contribution in [0.5, 0.6) is 0 Å². The van der Waals surface area contributed by atoms with Crippen molar-refractivity contribution in [1.82, 2.24) is 14.8 Å². The third-order valence-electron chi connectivity index (χ3n) is 4.48. The third kappa shape index (κ3) is 3.35. The van der Waals surface area contributed by atoms with Crippen molar-refractivity contribution >= 4 is 11.7 Å². The Labute approximate surface area is 127 Å². The van der Waals surface area contributed by atoms with Gasteiger partial charge in [-0.15, -0.1) is 0 Å². The molecule has 0 aliphatic heterocycles. The van der Waals surface area contributed by atoms with Gasteiger partial charge in [-0.3, -0.25) is 4.79 Å². The van der Waals surface area contributed by atoms with Crippen LogP contribution >= 0.6 is 0 Å². The van der Waals surface area contributed by atoms with Gasteiger partial charge in [0.1, 0.15) is 5.82 Å². The molecule has 0 atom stereocenters. The Hall–Kier alpha value is -1.62. The number of nitrogens with one attached hydrogen (secondary N) is 1. The Morgan fingerprint density at radius 3 is 2.62 bits per heavy atom. The number of aromatic nitrogens is 1. The monoisotopic (exact) mass is 290 g/mol. The van der Waals surface area contributed by atoms with Crippen LogP contribution in [-0.4, -0.2) is 60.5 Å². The fourth-order valence-corrected chi connectivity index (χ4v) is 2.91. The zero-order chi connectivity index (χ0) is 15.5. The molecule has 1 aromatic heterocycles. The third-order valence-corrected chi connectivity index (χ3v) is 4.48. The SMILES string of the molecule is CCNc1cc(C(=O)N(C)CC2(N(C)C)CCC2)ccn1. The predicted molar refractivity (Wildman–Crippen MR) is 85.6 cm³/mol. The highest BCUT2D eigenvalue weighted by atomic mass is 16.2. The van der Waals surface area contributed by atoms with Gasteiger partial charge in [0.25, 0.3) is 5.91 Å². The van der Waals surface area contributed by atoms with Crippen LogP contribution in [0.25, 0.3) is 0 Å². The normalized spacial score (nSPS) is 16.4. The van der Waals surface area contributed by atoms with Crippen LogP contribution in [0.3, 0.4) is 0 Å². The van der Waals surface area contributed by atoms with Gasteiger partial charge in [0, 0.05) is 37.4 Å². The van der Waals surface area contributed by atoms with Crippen LogP contribution in [0.2, 0.25) is 0 Å². The number of carbonyl (C=O) groups is 1. The first kappa shape index (κ1) is 15.8. The molecule has 0 unspecified atom stereocenters. The Kier molecular flexibility index (Phi) is 4.83. The smallest absolute Gasteiger partial charge is 0.253 e. The summed E-state index contributed by atoms with van der Waals surface area (Å²) in [6, 6.07) is 3.61. The van der Waals surface area contributed by atoms with E-state index in [0.717, 1.165) is 31.7 Å². The summed E-state index contributed by atoms with van der Waals surface area (Å²) in [6.07, 6.45) is 5.26. The van der Waals surface area contributed by atoms with E-state index in [9.17, 15) is 4.79 Å². The van der Waals surface area contributed by atoms with Crippen molar-refractivity contribution in [3.8, 4) is 0 Å². The van der Waals surface area contributed by atoms with Crippen molar-refractivity contribution in [2.24, 2.45) is 0 Å². The topological polar surface area (TPSA) is 48.5 Å². The maximum absolute atomic E-state index is 12.6. The van der Waals surface area contributed by atoms with E-state index in [1.165, 1.54) is 6.42 Å². The van der Waals surface area contributed by atoms with Crippen LogP contribution in [0.1, 0.15) is 36.5 Å². The maximum atomic E-state index is 12.6. The number of anilines is 1. The van der Waals surface area contributed by atoms with Crippen LogP contribution < -0.4 is 5.32 Å². The molecule has 2 rings (SSSR count). The second-order valence-electron chi connectivity index (χ2n) is 6.09. The summed E-state index contributed by atoms with van der Waals surface area (Å²) < 4.78 is 0. The Morgan fingerprint density at radius 1 is 1.38 bits per heavy atom. The van der Waals surface area contributed by atoms with Gasteiger partial charge in [0.05, 0.1) is 0 Å². The second-order valence-corrected chi connectivity index (χ2v) is 6.09. The van der Waals surface area contributed by atoms with Crippen LogP contribution in [0.15, 0.2) is 18.3 Å². The lowest BCUT2D eigenvalue weighted by Gasteiger charge is -2.49. The second kappa shape index (κ2) is 6.43. The molecule has 5 nitrogen and oxygen atoms in total. The lowest BCUT2D eigenvalue weighted by molar-refractivity contribution is 0.0252. The Morgan fingerprint density at radius 2 is 2.10 bits per heavy atom. The summed E-state index contributed by atoms with van der Waals surface area (Å²) >= 11 is 0. The molecule has 0 radical (unpaired) electrons. The van der Waals surface area contributed by atoms with E-state index in [-0.39, 0.29) is 11.4 Å². The highest BCUT2D eigenvalue weighted by Crippen LogP contribution is 2.36. The molecule has 5 heteroatoms. The molecular formula is C16H26N4O. The Balaban J connectivity index is 2.07. The summed E-state index contributed by atoms with van der Waals surface area (Å²) in [5.41, 5.74) is 0.846. The van der Waals surface area contributed by atoms with Gasteiger partial charge in [0.2, 0.25) is 0 Å². The zero-order valence-electron chi connectivity index (χ0n) is 13.5. The zero-order valence-corrected chi connectivity index (χ0v) is 13.5. The standard InChI is InChI=1S/C16H26N4O/c1-5-17-14-11-13(7-10-18-14)15(21)20(4)12-16(19(2)3)8-6-9-16/h7,10-11H,5-6,8-9,12H2,1-4H3,(H,17,18). The maximum Gasteiger partial charge on any atom is 0.253 e. The molecule has 116 valence electrons. The molecule has 0 aromatic carbocycles. The minimum atomic E-state index is 0.0599. The molecule has 0 spiro atoms. The summed E-state index contributed by atoms with van der Waals surface area (Å²) in [6.45, 7) is 3.58. The first-order valence-electron chi connectivity index (χ1n) is 7.61. The number of carbonyl (C=O) groups excluding carboxylic acids is 1. The van der Waals surface area contributed by atoms with Crippen LogP contribution in [-0.2, 0) is 0 Å². The van der Waals surface area contributed by atoms with Crippen molar-refractivity contribution in [3.05, 3.63) is 23.9 Å². The molecule has 0 saturated heterocycles. The fourth-order valence-electron chi connectivity index (χ4n) is 2.91. The molecule has 0 bridgehead atoms. The number of amides is 1. The number of hydrogen-bond acceptors (Lipinski definition) is 4. The predicted octanol–water partition coefficient (Wildman–Crippen LogP) is 2.07. The van der Waals surface area contributed by atoms with Gasteiger partial charge in [-0.1, -0.05) is 0 Å². The Bertz CT molecular complexity index is 497. The summed E-state index contributed by atoms with van der Waals surface area (Å²) in [5, 5.41) is 3.14. The van der Waals surface area contributed by atoms with E-state index < -0.39 is 0 Å². The average Bonchev–Trinajstić information content (AvgIpc) is 2.42. The number of rotatable bonds is 6. The van der Waals surface area contributed by atoms with Gasteiger partial charge in [-0.2, -0.15) is 0 Å². The first-order valence-corrected chi connectivity index (χ1v) is 7.61. The lowest BCUT2D eigenvalue weighted by Crippen LogP contribution is -2.57. The van der Waals surface area contributed by atoms with E-state index in [2.05, 4.69) is 29.3 Å². The number of pyridine rings is 1. The number of nitrogens with zero attached hydrogens (tertiary/aromatic N) is 3. The minimum Gasteiger partial charge on any atom is -0.370 e. The molecule has 1 fully saturated rings. The van der Waals surface area contributed by atoms with Crippen molar-refractivity contribution < 1.29 is 4.79 Å². The molecule has 1 heterocycles. The van der Waals surface area contributed by atoms with Crippen molar-refractivity contribution in [3.63, 3.8) is 0 Å². The van der Waals surface area contributed by atoms with E-state index in [4.69, 9.17) is 0 Å². The fraction of sp³-hybridized carbons (Fsp3) is 0.625. The molecule has 1 aliphatic carbocycles. The quantitative estimate of drug-likeness (QED) is 0.871. The van der Waals surface area contributed by atoms with Gasteiger partial charge >= 0.3 is 0 Å². The summed E-state index contributed by atoms with van der Waals surface area (Å²) in [7, 11) is 6.10. The molecule has 21 heavy (non-hydrogen) atoms. The number of hydrogen-bond donors (Lipinski definition) is 1. The molecule has 1 amide bonds. The molecule has 1 saturated carbocycles. The number of likely N-dealkylation sites (N-methyl/N-ethyl adjacent to an activating group) is 2. The van der Waals surface area contributed by atoms with Gasteiger partial charge < -0.3 is 15.1 Å². The first-order chi connectivity index (χ1) is 9.98. The highest BCUT2D eigenvalue weighted by Gasteiger charge is 2.40. The average molecular weight is 290 g/mol. The largest absolute Gasteiger partial charge is 0.370 e. The highest BCUT2D eigenvalue weighted by molar-refractivity contribution is 5.94. The van der Waals surface area contributed by atoms with E-state index in [1.54, 1.807) is 12.3 Å². The molecular weight excluding hydrogens is 264 g/mol. The van der Waals surface area contributed by atoms with Crippen molar-refractivity contribution in [2.45, 2.75) is 31.7 Å². The summed E-state index contributed by atoms with van der Waals surface area (Å²) in [5.74, 6) is 0.812. The van der Waals surface area contributed by atoms with Gasteiger partial charge in [-0.25, -0.2) is 4.98 Å². The van der Waals surface area contributed by atoms with Gasteiger partial charge in [0.15, 0.2) is 0 Å². The molecule has 1 aromatic rings. The van der Waals surface area contributed by atoms with Crippen molar-refractivity contribution in [1.29, 1.82) is 0 Å². The van der Waals surface area contributed by atoms with E-state index >= 15 is 0 Å². The molecule has 1 aliphatic rings. The summed E-state index contributed by atoms with van der Waals surface area (Å²) in [4.78, 5) is 20.9.